The number of ether oxygens (including phenoxy) is 1. The smallest absolute Gasteiger partial charge is 0.0469 e. The van der Waals surface area contributed by atoms with Gasteiger partial charge >= 0.3 is 0 Å². The fourth-order valence-electron chi connectivity index (χ4n) is 3.17. The predicted molar refractivity (Wildman–Crippen MR) is 88.2 cm³/mol. The number of nitrogens with zero attached hydrogens (tertiary/aromatic N) is 1. The van der Waals surface area contributed by atoms with Crippen LogP contribution in [0.3, 0.4) is 0 Å². The summed E-state index contributed by atoms with van der Waals surface area (Å²) in [5.74, 6) is 0.755. The Bertz CT molecular complexity index is 605. The van der Waals surface area contributed by atoms with Crippen molar-refractivity contribution in [3.63, 3.8) is 0 Å². The van der Waals surface area contributed by atoms with E-state index in [-0.39, 0.29) is 0 Å². The zero-order chi connectivity index (χ0) is 14.7. The summed E-state index contributed by atoms with van der Waals surface area (Å²) < 4.78 is 5.43. The fourth-order valence-corrected chi connectivity index (χ4v) is 3.17. The van der Waals surface area contributed by atoms with Crippen molar-refractivity contribution in [2.45, 2.75) is 19.4 Å². The van der Waals surface area contributed by atoms with Gasteiger partial charge in [-0.05, 0) is 54.3 Å². The Morgan fingerprint density at radius 3 is 2.52 bits per heavy atom. The number of anilines is 1. The van der Waals surface area contributed by atoms with E-state index in [9.17, 15) is 0 Å². The van der Waals surface area contributed by atoms with Gasteiger partial charge in [-0.15, -0.1) is 0 Å². The van der Waals surface area contributed by atoms with E-state index in [1.165, 1.54) is 29.2 Å². The normalized spacial score (nSPS) is 16.7. The summed E-state index contributed by atoms with van der Waals surface area (Å²) in [6.45, 7) is 3.86. The molecule has 1 heterocycles. The Labute approximate surface area is 126 Å². The van der Waals surface area contributed by atoms with Crippen LogP contribution in [0.1, 0.15) is 18.4 Å². The first-order chi connectivity index (χ1) is 10.2. The van der Waals surface area contributed by atoms with Crippen molar-refractivity contribution in [3.8, 4) is 0 Å². The summed E-state index contributed by atoms with van der Waals surface area (Å²) in [6, 6.07) is 12.7. The lowest BCUT2D eigenvalue weighted by Crippen LogP contribution is -2.29. The molecule has 112 valence electrons. The minimum atomic E-state index is 0.755. The van der Waals surface area contributed by atoms with E-state index < -0.39 is 0 Å². The van der Waals surface area contributed by atoms with E-state index in [4.69, 9.17) is 10.5 Å². The van der Waals surface area contributed by atoms with Crippen LogP contribution in [0.15, 0.2) is 36.4 Å². The second kappa shape index (κ2) is 6.46. The highest BCUT2D eigenvalue weighted by molar-refractivity contribution is 5.86. The minimum absolute atomic E-state index is 0.755. The van der Waals surface area contributed by atoms with Gasteiger partial charge in [-0.3, -0.25) is 0 Å². The standard InChI is InChI=1S/C18H24N2O/c1-20(12-14-6-8-21-9-7-14)13-17-10-15-4-2-3-5-16(15)11-18(17)19/h2-5,10-11,14H,6-9,12-13,19H2,1H3. The molecule has 1 aliphatic heterocycles. The van der Waals surface area contributed by atoms with Gasteiger partial charge in [-0.1, -0.05) is 24.3 Å². The second-order valence-electron chi connectivity index (χ2n) is 6.15. The lowest BCUT2D eigenvalue weighted by molar-refractivity contribution is 0.0550. The largest absolute Gasteiger partial charge is 0.398 e. The molecule has 1 saturated heterocycles. The summed E-state index contributed by atoms with van der Waals surface area (Å²) in [5.41, 5.74) is 8.34. The zero-order valence-electron chi connectivity index (χ0n) is 12.7. The molecule has 21 heavy (non-hydrogen) atoms. The maximum atomic E-state index is 6.22. The average molecular weight is 284 g/mol. The van der Waals surface area contributed by atoms with E-state index in [0.29, 0.717) is 0 Å². The summed E-state index contributed by atoms with van der Waals surface area (Å²) >= 11 is 0. The van der Waals surface area contributed by atoms with Crippen LogP contribution < -0.4 is 5.73 Å². The van der Waals surface area contributed by atoms with Crippen molar-refractivity contribution in [2.24, 2.45) is 5.92 Å². The summed E-state index contributed by atoms with van der Waals surface area (Å²) in [5, 5.41) is 2.48. The highest BCUT2D eigenvalue weighted by atomic mass is 16.5. The number of nitrogens with two attached hydrogens (primary N) is 1. The van der Waals surface area contributed by atoms with E-state index >= 15 is 0 Å². The van der Waals surface area contributed by atoms with Crippen LogP contribution in [0, 0.1) is 5.92 Å². The molecule has 0 spiro atoms. The molecule has 2 aromatic rings. The highest BCUT2D eigenvalue weighted by Gasteiger charge is 2.16. The lowest BCUT2D eigenvalue weighted by atomic mass is 9.99. The molecular weight excluding hydrogens is 260 g/mol. The summed E-state index contributed by atoms with van der Waals surface area (Å²) in [4.78, 5) is 2.39. The van der Waals surface area contributed by atoms with E-state index in [1.807, 2.05) is 0 Å². The predicted octanol–water partition coefficient (Wildman–Crippen LogP) is 3.28. The van der Waals surface area contributed by atoms with Gasteiger partial charge in [-0.25, -0.2) is 0 Å². The van der Waals surface area contributed by atoms with Gasteiger partial charge in [0.05, 0.1) is 0 Å². The van der Waals surface area contributed by atoms with Gasteiger partial charge in [0, 0.05) is 32.0 Å². The number of fused-ring (bicyclic) bond motifs is 1. The van der Waals surface area contributed by atoms with Crippen LogP contribution in [0.25, 0.3) is 10.8 Å². The van der Waals surface area contributed by atoms with Gasteiger partial charge in [0.2, 0.25) is 0 Å². The summed E-state index contributed by atoms with van der Waals surface area (Å²) in [6.07, 6.45) is 2.36. The van der Waals surface area contributed by atoms with Crippen LogP contribution >= 0.6 is 0 Å². The third-order valence-corrected chi connectivity index (χ3v) is 4.36. The van der Waals surface area contributed by atoms with Crippen LogP contribution in [-0.2, 0) is 11.3 Å². The molecule has 0 radical (unpaired) electrons. The molecular formula is C18H24N2O. The van der Waals surface area contributed by atoms with Gasteiger partial charge in [-0.2, -0.15) is 0 Å². The Kier molecular flexibility index (Phi) is 4.42. The van der Waals surface area contributed by atoms with Crippen LogP contribution in [0.5, 0.6) is 0 Å². The zero-order valence-corrected chi connectivity index (χ0v) is 12.7. The van der Waals surface area contributed by atoms with E-state index in [2.05, 4.69) is 48.3 Å². The van der Waals surface area contributed by atoms with Crippen LogP contribution in [0.2, 0.25) is 0 Å². The molecule has 0 aliphatic carbocycles. The van der Waals surface area contributed by atoms with E-state index in [1.54, 1.807) is 0 Å². The number of rotatable bonds is 4. The quantitative estimate of drug-likeness (QED) is 0.876. The molecule has 2 N–H and O–H groups in total. The third kappa shape index (κ3) is 3.55. The lowest BCUT2D eigenvalue weighted by Gasteiger charge is -2.27. The van der Waals surface area contributed by atoms with Crippen molar-refractivity contribution in [2.75, 3.05) is 32.5 Å². The molecule has 2 aromatic carbocycles. The molecule has 0 saturated carbocycles. The van der Waals surface area contributed by atoms with Crippen molar-refractivity contribution in [1.29, 1.82) is 0 Å². The maximum absolute atomic E-state index is 6.22. The molecule has 3 rings (SSSR count). The van der Waals surface area contributed by atoms with Crippen molar-refractivity contribution < 1.29 is 4.74 Å². The van der Waals surface area contributed by atoms with Crippen molar-refractivity contribution in [3.05, 3.63) is 42.0 Å². The van der Waals surface area contributed by atoms with Gasteiger partial charge in [0.25, 0.3) is 0 Å². The minimum Gasteiger partial charge on any atom is -0.398 e. The summed E-state index contributed by atoms with van der Waals surface area (Å²) in [7, 11) is 2.18. The molecule has 0 bridgehead atoms. The Morgan fingerprint density at radius 1 is 1.14 bits per heavy atom. The highest BCUT2D eigenvalue weighted by Crippen LogP contribution is 2.24. The molecule has 0 atom stereocenters. The number of hydrogen-bond donors (Lipinski definition) is 1. The molecule has 3 heteroatoms. The fraction of sp³-hybridized carbons (Fsp3) is 0.444. The first-order valence-electron chi connectivity index (χ1n) is 7.76. The Balaban J connectivity index is 1.70. The topological polar surface area (TPSA) is 38.5 Å². The first kappa shape index (κ1) is 14.4. The average Bonchev–Trinajstić information content (AvgIpc) is 2.49. The van der Waals surface area contributed by atoms with Crippen molar-refractivity contribution in [1.82, 2.24) is 4.90 Å². The second-order valence-corrected chi connectivity index (χ2v) is 6.15. The van der Waals surface area contributed by atoms with Gasteiger partial charge < -0.3 is 15.4 Å². The molecule has 1 fully saturated rings. The maximum Gasteiger partial charge on any atom is 0.0469 e. The Hall–Kier alpha value is -1.58. The Morgan fingerprint density at radius 2 is 1.81 bits per heavy atom. The van der Waals surface area contributed by atoms with Crippen LogP contribution in [0.4, 0.5) is 5.69 Å². The SMILES string of the molecule is CN(Cc1cc2ccccc2cc1N)CC1CCOCC1. The molecule has 3 nitrogen and oxygen atoms in total. The molecule has 0 aromatic heterocycles. The molecule has 0 unspecified atom stereocenters. The third-order valence-electron chi connectivity index (χ3n) is 4.36. The molecule has 0 amide bonds. The first-order valence-corrected chi connectivity index (χ1v) is 7.76. The van der Waals surface area contributed by atoms with Crippen LogP contribution in [-0.4, -0.2) is 31.7 Å². The number of nitrogen functional groups attached to an aromatic ring is 1. The van der Waals surface area contributed by atoms with E-state index in [0.717, 1.165) is 37.9 Å². The van der Waals surface area contributed by atoms with Crippen molar-refractivity contribution >= 4 is 16.5 Å². The number of benzene rings is 2. The molecule has 1 aliphatic rings. The van der Waals surface area contributed by atoms with Gasteiger partial charge in [0.15, 0.2) is 0 Å². The van der Waals surface area contributed by atoms with Gasteiger partial charge in [0.1, 0.15) is 0 Å². The number of hydrogen-bond acceptors (Lipinski definition) is 3. The monoisotopic (exact) mass is 284 g/mol.